The summed E-state index contributed by atoms with van der Waals surface area (Å²) in [5.41, 5.74) is 7.02. The van der Waals surface area contributed by atoms with Crippen LogP contribution in [0.3, 0.4) is 0 Å². The lowest BCUT2D eigenvalue weighted by atomic mass is 10.1. The van der Waals surface area contributed by atoms with Gasteiger partial charge in [-0.05, 0) is 31.9 Å². The first kappa shape index (κ1) is 17.3. The lowest BCUT2D eigenvalue weighted by Crippen LogP contribution is -1.93. The molecule has 4 aromatic rings. The highest BCUT2D eigenvalue weighted by Crippen LogP contribution is 2.34. The molecule has 0 saturated heterocycles. The van der Waals surface area contributed by atoms with Gasteiger partial charge in [-0.25, -0.2) is 15.0 Å². The van der Waals surface area contributed by atoms with Crippen LogP contribution in [0.5, 0.6) is 0 Å². The topological polar surface area (TPSA) is 63.7 Å². The van der Waals surface area contributed by atoms with Crippen molar-refractivity contribution < 1.29 is 4.74 Å². The van der Waals surface area contributed by atoms with Crippen molar-refractivity contribution in [3.8, 4) is 22.0 Å². The van der Waals surface area contributed by atoms with Crippen LogP contribution in [0, 0.1) is 6.92 Å². The molecule has 3 aromatic heterocycles. The van der Waals surface area contributed by atoms with Gasteiger partial charge in [-0.15, -0.1) is 22.7 Å². The van der Waals surface area contributed by atoms with Gasteiger partial charge < -0.3 is 9.72 Å². The number of aromatic amines is 1. The molecule has 0 aliphatic rings. The molecule has 1 N–H and O–H groups in total. The number of rotatable bonds is 7. The van der Waals surface area contributed by atoms with Crippen molar-refractivity contribution >= 4 is 32.9 Å². The summed E-state index contributed by atoms with van der Waals surface area (Å²) in [5.74, 6) is 1.00. The predicted octanol–water partition coefficient (Wildman–Crippen LogP) is 5.09. The number of unbranched alkanes of at least 4 members (excludes halogenated alkanes) is 1. The van der Waals surface area contributed by atoms with Crippen LogP contribution in [0.1, 0.15) is 24.4 Å². The Bertz CT molecular complexity index is 1020. The van der Waals surface area contributed by atoms with E-state index < -0.39 is 0 Å². The van der Waals surface area contributed by atoms with Crippen LogP contribution in [0.25, 0.3) is 32.2 Å². The Balaban J connectivity index is 1.71. The molecule has 0 atom stereocenters. The lowest BCUT2D eigenvalue weighted by Gasteiger charge is -2.00. The number of nitrogens with zero attached hydrogens (tertiary/aromatic N) is 3. The molecule has 0 saturated carbocycles. The van der Waals surface area contributed by atoms with Crippen molar-refractivity contribution in [2.45, 2.75) is 26.2 Å². The lowest BCUT2D eigenvalue weighted by molar-refractivity contribution is 0.193. The number of hydrogen-bond acceptors (Lipinski definition) is 6. The zero-order chi connectivity index (χ0) is 17.9. The van der Waals surface area contributed by atoms with E-state index in [1.807, 2.05) is 12.4 Å². The number of methoxy groups -OCH3 is 1. The van der Waals surface area contributed by atoms with Gasteiger partial charge in [0.05, 0.1) is 21.4 Å². The second kappa shape index (κ2) is 7.65. The third-order valence-electron chi connectivity index (χ3n) is 4.20. The zero-order valence-corrected chi connectivity index (χ0v) is 16.4. The van der Waals surface area contributed by atoms with Crippen molar-refractivity contribution in [1.82, 2.24) is 19.9 Å². The molecule has 3 heterocycles. The molecule has 1 aromatic carbocycles. The summed E-state index contributed by atoms with van der Waals surface area (Å²) in [6.45, 7) is 2.80. The van der Waals surface area contributed by atoms with E-state index in [0.717, 1.165) is 64.9 Å². The van der Waals surface area contributed by atoms with E-state index >= 15 is 0 Å². The standard InChI is InChI=1S/C19H20N4OS2/c1-12-10-25-19(21-12)18-17(22-16(23-18)5-3-4-8-24-2)13-6-7-14-15(9-13)26-11-20-14/h6-7,9-11H,3-5,8H2,1-2H3,(H,22,23). The van der Waals surface area contributed by atoms with Crippen LogP contribution in [0.4, 0.5) is 0 Å². The summed E-state index contributed by atoms with van der Waals surface area (Å²) in [4.78, 5) is 17.5. The number of imidazole rings is 1. The number of aromatic nitrogens is 4. The second-order valence-corrected chi connectivity index (χ2v) is 7.93. The number of benzene rings is 1. The van der Waals surface area contributed by atoms with Crippen LogP contribution >= 0.6 is 22.7 Å². The highest BCUT2D eigenvalue weighted by Gasteiger charge is 2.17. The summed E-state index contributed by atoms with van der Waals surface area (Å²) in [7, 11) is 1.74. The number of hydrogen-bond donors (Lipinski definition) is 1. The molecule has 4 rings (SSSR count). The van der Waals surface area contributed by atoms with Gasteiger partial charge in [0, 0.05) is 36.8 Å². The fourth-order valence-electron chi connectivity index (χ4n) is 2.91. The van der Waals surface area contributed by atoms with Crippen molar-refractivity contribution in [2.24, 2.45) is 0 Å². The van der Waals surface area contributed by atoms with Crippen LogP contribution in [-0.4, -0.2) is 33.7 Å². The molecule has 0 spiro atoms. The van der Waals surface area contributed by atoms with Crippen LogP contribution in [0.2, 0.25) is 0 Å². The Hall–Kier alpha value is -2.09. The van der Waals surface area contributed by atoms with Gasteiger partial charge in [0.1, 0.15) is 16.5 Å². The molecule has 26 heavy (non-hydrogen) atoms. The molecular weight excluding hydrogens is 364 g/mol. The maximum Gasteiger partial charge on any atom is 0.142 e. The van der Waals surface area contributed by atoms with Gasteiger partial charge in [-0.2, -0.15) is 0 Å². The summed E-state index contributed by atoms with van der Waals surface area (Å²) < 4.78 is 6.31. The molecule has 7 heteroatoms. The maximum absolute atomic E-state index is 5.14. The Morgan fingerprint density at radius 3 is 2.88 bits per heavy atom. The van der Waals surface area contributed by atoms with Crippen molar-refractivity contribution in [1.29, 1.82) is 0 Å². The quantitative estimate of drug-likeness (QED) is 0.451. The Morgan fingerprint density at radius 1 is 1.15 bits per heavy atom. The molecule has 0 aliphatic carbocycles. The fourth-order valence-corrected chi connectivity index (χ4v) is 4.43. The van der Waals surface area contributed by atoms with Crippen LogP contribution in [0.15, 0.2) is 29.1 Å². The SMILES string of the molecule is COCCCCc1nc(-c2ccc3ncsc3c2)c(-c2nc(C)cs2)[nH]1. The van der Waals surface area contributed by atoms with E-state index in [-0.39, 0.29) is 0 Å². The van der Waals surface area contributed by atoms with E-state index in [4.69, 9.17) is 9.72 Å². The minimum absolute atomic E-state index is 0.786. The number of H-pyrrole nitrogens is 1. The summed E-state index contributed by atoms with van der Waals surface area (Å²) in [6.07, 6.45) is 2.99. The van der Waals surface area contributed by atoms with Crippen molar-refractivity contribution in [2.75, 3.05) is 13.7 Å². The highest BCUT2D eigenvalue weighted by molar-refractivity contribution is 7.16. The number of aryl methyl sites for hydroxylation is 2. The van der Waals surface area contributed by atoms with Gasteiger partial charge in [-0.1, -0.05) is 6.07 Å². The van der Waals surface area contributed by atoms with Gasteiger partial charge in [0.25, 0.3) is 0 Å². The number of nitrogens with one attached hydrogen (secondary N) is 1. The summed E-state index contributed by atoms with van der Waals surface area (Å²) >= 11 is 3.30. The average Bonchev–Trinajstić information content (AvgIpc) is 3.37. The minimum Gasteiger partial charge on any atom is -0.385 e. The molecule has 134 valence electrons. The fraction of sp³-hybridized carbons (Fsp3) is 0.316. The van der Waals surface area contributed by atoms with E-state index in [1.165, 1.54) is 4.70 Å². The Labute approximate surface area is 160 Å². The highest BCUT2D eigenvalue weighted by atomic mass is 32.1. The van der Waals surface area contributed by atoms with Gasteiger partial charge >= 0.3 is 0 Å². The zero-order valence-electron chi connectivity index (χ0n) is 14.8. The molecule has 5 nitrogen and oxygen atoms in total. The van der Waals surface area contributed by atoms with Crippen molar-refractivity contribution in [3.05, 3.63) is 40.6 Å². The molecule has 0 amide bonds. The normalized spacial score (nSPS) is 11.5. The monoisotopic (exact) mass is 384 g/mol. The molecule has 0 bridgehead atoms. The van der Waals surface area contributed by atoms with Crippen molar-refractivity contribution in [3.63, 3.8) is 0 Å². The maximum atomic E-state index is 5.14. The molecule has 0 radical (unpaired) electrons. The van der Waals surface area contributed by atoms with E-state index in [0.29, 0.717) is 0 Å². The van der Waals surface area contributed by atoms with Gasteiger partial charge in [0.15, 0.2) is 0 Å². The number of thiazole rings is 2. The third-order valence-corrected chi connectivity index (χ3v) is 5.97. The Morgan fingerprint density at radius 2 is 2.08 bits per heavy atom. The molecular formula is C19H20N4OS2. The van der Waals surface area contributed by atoms with Crippen LogP contribution in [-0.2, 0) is 11.2 Å². The molecule has 0 fully saturated rings. The minimum atomic E-state index is 0.786. The van der Waals surface area contributed by atoms with E-state index in [1.54, 1.807) is 29.8 Å². The first-order valence-corrected chi connectivity index (χ1v) is 10.3. The molecule has 0 unspecified atom stereocenters. The van der Waals surface area contributed by atoms with Gasteiger partial charge in [0.2, 0.25) is 0 Å². The Kier molecular flexibility index (Phi) is 5.10. The average molecular weight is 385 g/mol. The second-order valence-electron chi connectivity index (χ2n) is 6.19. The van der Waals surface area contributed by atoms with E-state index in [9.17, 15) is 0 Å². The van der Waals surface area contributed by atoms with Gasteiger partial charge in [-0.3, -0.25) is 0 Å². The third kappa shape index (κ3) is 3.56. The predicted molar refractivity (Wildman–Crippen MR) is 108 cm³/mol. The molecule has 0 aliphatic heterocycles. The summed E-state index contributed by atoms with van der Waals surface area (Å²) in [5, 5.41) is 3.06. The smallest absolute Gasteiger partial charge is 0.142 e. The summed E-state index contributed by atoms with van der Waals surface area (Å²) in [6, 6.07) is 6.32. The van der Waals surface area contributed by atoms with E-state index in [2.05, 4.69) is 38.5 Å². The first-order chi connectivity index (χ1) is 12.7. The number of fused-ring (bicyclic) bond motifs is 1. The number of ether oxygens (including phenoxy) is 1. The first-order valence-electron chi connectivity index (χ1n) is 8.58. The van der Waals surface area contributed by atoms with Crippen LogP contribution < -0.4 is 0 Å². The largest absolute Gasteiger partial charge is 0.385 e.